The van der Waals surface area contributed by atoms with E-state index in [-0.39, 0.29) is 11.8 Å². The van der Waals surface area contributed by atoms with E-state index in [9.17, 15) is 14.4 Å². The van der Waals surface area contributed by atoms with Crippen LogP contribution in [0.3, 0.4) is 0 Å². The van der Waals surface area contributed by atoms with Gasteiger partial charge in [0.15, 0.2) is 0 Å². The summed E-state index contributed by atoms with van der Waals surface area (Å²) >= 11 is 0. The summed E-state index contributed by atoms with van der Waals surface area (Å²) in [4.78, 5) is 40.8. The van der Waals surface area contributed by atoms with Gasteiger partial charge in [0.2, 0.25) is 5.91 Å². The number of rotatable bonds is 5. The number of amides is 3. The molecule has 29 heavy (non-hydrogen) atoms. The number of fused-ring (bicyclic) bond motifs is 1. The molecule has 0 aromatic heterocycles. The van der Waals surface area contributed by atoms with E-state index in [1.807, 2.05) is 17.0 Å². The summed E-state index contributed by atoms with van der Waals surface area (Å²) in [5.74, 6) is -0.918. The standard InChI is InChI=1S/C21H28N4O4/c26-19(22-7-9-24-10-12-29-13-11-24)20(27)23-17-5-6-18-16(14-17)2-1-8-25(18)21(28)15-3-4-15/h5-6,14-15H,1-4,7-13H2,(H,22,26)(H,23,27). The van der Waals surface area contributed by atoms with Crippen molar-refractivity contribution in [1.82, 2.24) is 10.2 Å². The molecular weight excluding hydrogens is 372 g/mol. The molecule has 0 bridgehead atoms. The van der Waals surface area contributed by atoms with Crippen LogP contribution in [0.15, 0.2) is 18.2 Å². The average Bonchev–Trinajstić information content (AvgIpc) is 3.59. The Morgan fingerprint density at radius 1 is 1.07 bits per heavy atom. The van der Waals surface area contributed by atoms with E-state index in [1.54, 1.807) is 6.07 Å². The lowest BCUT2D eigenvalue weighted by Crippen LogP contribution is -2.43. The van der Waals surface area contributed by atoms with E-state index < -0.39 is 11.8 Å². The first kappa shape index (κ1) is 19.8. The maximum atomic E-state index is 12.5. The summed E-state index contributed by atoms with van der Waals surface area (Å²) in [5, 5.41) is 5.34. The predicted molar refractivity (Wildman–Crippen MR) is 109 cm³/mol. The number of benzene rings is 1. The number of morpholine rings is 1. The average molecular weight is 400 g/mol. The van der Waals surface area contributed by atoms with E-state index in [1.165, 1.54) is 0 Å². The first-order chi connectivity index (χ1) is 14.1. The molecule has 0 unspecified atom stereocenters. The van der Waals surface area contributed by atoms with Gasteiger partial charge in [0.05, 0.1) is 13.2 Å². The minimum absolute atomic E-state index is 0.182. The van der Waals surface area contributed by atoms with Gasteiger partial charge in [0.25, 0.3) is 0 Å². The fourth-order valence-electron chi connectivity index (χ4n) is 3.87. The number of anilines is 2. The molecule has 0 radical (unpaired) electrons. The van der Waals surface area contributed by atoms with E-state index in [2.05, 4.69) is 15.5 Å². The Bertz CT molecular complexity index is 787. The molecular formula is C21H28N4O4. The van der Waals surface area contributed by atoms with Crippen molar-refractivity contribution < 1.29 is 19.1 Å². The fourth-order valence-corrected chi connectivity index (χ4v) is 3.87. The van der Waals surface area contributed by atoms with Crippen LogP contribution in [0.1, 0.15) is 24.8 Å². The highest BCUT2D eigenvalue weighted by Gasteiger charge is 2.35. The second-order valence-electron chi connectivity index (χ2n) is 7.88. The van der Waals surface area contributed by atoms with Gasteiger partial charge in [0.1, 0.15) is 0 Å². The number of aryl methyl sites for hydroxylation is 1. The maximum absolute atomic E-state index is 12.5. The molecule has 2 N–H and O–H groups in total. The van der Waals surface area contributed by atoms with Gasteiger partial charge in [-0.3, -0.25) is 19.3 Å². The van der Waals surface area contributed by atoms with Crippen molar-refractivity contribution in [3.63, 3.8) is 0 Å². The summed E-state index contributed by atoms with van der Waals surface area (Å²) in [5.41, 5.74) is 2.55. The summed E-state index contributed by atoms with van der Waals surface area (Å²) in [6.45, 7) is 4.97. The molecule has 1 aliphatic carbocycles. The van der Waals surface area contributed by atoms with Crippen LogP contribution in [0.5, 0.6) is 0 Å². The lowest BCUT2D eigenvalue weighted by Gasteiger charge is -2.30. The summed E-state index contributed by atoms with van der Waals surface area (Å²) in [6.07, 6.45) is 3.74. The molecule has 2 heterocycles. The Morgan fingerprint density at radius 2 is 1.86 bits per heavy atom. The minimum atomic E-state index is -0.673. The van der Waals surface area contributed by atoms with Crippen LogP contribution in [0.25, 0.3) is 0 Å². The topological polar surface area (TPSA) is 91.0 Å². The van der Waals surface area contributed by atoms with Crippen molar-refractivity contribution in [3.8, 4) is 0 Å². The van der Waals surface area contributed by atoms with Crippen molar-refractivity contribution in [2.45, 2.75) is 25.7 Å². The number of hydrogen-bond donors (Lipinski definition) is 2. The van der Waals surface area contributed by atoms with Crippen LogP contribution < -0.4 is 15.5 Å². The molecule has 0 atom stereocenters. The molecule has 4 rings (SSSR count). The van der Waals surface area contributed by atoms with Crippen LogP contribution in [0.4, 0.5) is 11.4 Å². The summed E-state index contributed by atoms with van der Waals surface area (Å²) < 4.78 is 5.29. The van der Waals surface area contributed by atoms with Crippen molar-refractivity contribution in [3.05, 3.63) is 23.8 Å². The largest absolute Gasteiger partial charge is 0.379 e. The quantitative estimate of drug-likeness (QED) is 0.713. The third kappa shape index (κ3) is 4.94. The predicted octanol–water partition coefficient (Wildman–Crippen LogP) is 0.763. The molecule has 1 aromatic carbocycles. The molecule has 2 aliphatic heterocycles. The Labute approximate surface area is 170 Å². The van der Waals surface area contributed by atoms with Gasteiger partial charge in [-0.1, -0.05) is 0 Å². The lowest BCUT2D eigenvalue weighted by molar-refractivity contribution is -0.136. The van der Waals surface area contributed by atoms with Crippen LogP contribution in [0.2, 0.25) is 0 Å². The van der Waals surface area contributed by atoms with Crippen LogP contribution in [-0.4, -0.2) is 68.6 Å². The highest BCUT2D eigenvalue weighted by atomic mass is 16.5. The van der Waals surface area contributed by atoms with E-state index in [4.69, 9.17) is 4.74 Å². The molecule has 1 aromatic rings. The van der Waals surface area contributed by atoms with Gasteiger partial charge in [-0.15, -0.1) is 0 Å². The smallest absolute Gasteiger partial charge is 0.313 e. The van der Waals surface area contributed by atoms with Gasteiger partial charge in [0, 0.05) is 50.0 Å². The first-order valence-corrected chi connectivity index (χ1v) is 10.5. The number of hydrogen-bond acceptors (Lipinski definition) is 5. The second kappa shape index (κ2) is 8.92. The van der Waals surface area contributed by atoms with Crippen LogP contribution in [-0.2, 0) is 25.5 Å². The Kier molecular flexibility index (Phi) is 6.10. The third-order valence-electron chi connectivity index (χ3n) is 5.67. The van der Waals surface area contributed by atoms with Crippen molar-refractivity contribution in [1.29, 1.82) is 0 Å². The molecule has 2 fully saturated rings. The molecule has 8 heteroatoms. The minimum Gasteiger partial charge on any atom is -0.379 e. The van der Waals surface area contributed by atoms with Crippen LogP contribution >= 0.6 is 0 Å². The normalized spacial score (nSPS) is 19.4. The van der Waals surface area contributed by atoms with Gasteiger partial charge < -0.3 is 20.3 Å². The fraction of sp³-hybridized carbons (Fsp3) is 0.571. The Balaban J connectivity index is 1.30. The number of carbonyl (C=O) groups is 3. The highest BCUT2D eigenvalue weighted by molar-refractivity contribution is 6.39. The lowest BCUT2D eigenvalue weighted by atomic mass is 10.0. The maximum Gasteiger partial charge on any atom is 0.313 e. The number of nitrogens with one attached hydrogen (secondary N) is 2. The summed E-state index contributed by atoms with van der Waals surface area (Å²) in [6, 6.07) is 5.51. The van der Waals surface area contributed by atoms with Gasteiger partial charge >= 0.3 is 11.8 Å². The Hall–Kier alpha value is -2.45. The zero-order valence-electron chi connectivity index (χ0n) is 16.6. The van der Waals surface area contributed by atoms with E-state index >= 15 is 0 Å². The molecule has 8 nitrogen and oxygen atoms in total. The first-order valence-electron chi connectivity index (χ1n) is 10.5. The van der Waals surface area contributed by atoms with Crippen molar-refractivity contribution in [2.75, 3.05) is 56.2 Å². The SMILES string of the molecule is O=C(NCCN1CCOCC1)C(=O)Nc1ccc2c(c1)CCCN2C(=O)C1CC1. The molecule has 156 valence electrons. The monoisotopic (exact) mass is 400 g/mol. The van der Waals surface area contributed by atoms with Crippen molar-refractivity contribution >= 4 is 29.1 Å². The van der Waals surface area contributed by atoms with E-state index in [0.717, 1.165) is 56.6 Å². The zero-order valence-corrected chi connectivity index (χ0v) is 16.6. The van der Waals surface area contributed by atoms with Gasteiger partial charge in [-0.2, -0.15) is 0 Å². The highest BCUT2D eigenvalue weighted by Crippen LogP contribution is 2.36. The van der Waals surface area contributed by atoms with Crippen LogP contribution in [0, 0.1) is 5.92 Å². The molecule has 3 amide bonds. The van der Waals surface area contributed by atoms with Crippen molar-refractivity contribution in [2.24, 2.45) is 5.92 Å². The number of ether oxygens (including phenoxy) is 1. The van der Waals surface area contributed by atoms with Gasteiger partial charge in [-0.05, 0) is 49.4 Å². The second-order valence-corrected chi connectivity index (χ2v) is 7.88. The Morgan fingerprint density at radius 3 is 2.62 bits per heavy atom. The van der Waals surface area contributed by atoms with Gasteiger partial charge in [-0.25, -0.2) is 0 Å². The molecule has 1 saturated carbocycles. The molecule has 3 aliphatic rings. The number of carbonyl (C=O) groups excluding carboxylic acids is 3. The molecule has 1 saturated heterocycles. The number of nitrogens with zero attached hydrogens (tertiary/aromatic N) is 2. The zero-order chi connectivity index (χ0) is 20.2. The third-order valence-corrected chi connectivity index (χ3v) is 5.67. The molecule has 0 spiro atoms. The summed E-state index contributed by atoms with van der Waals surface area (Å²) in [7, 11) is 0. The van der Waals surface area contributed by atoms with E-state index in [0.29, 0.717) is 32.0 Å².